The zero-order valence-corrected chi connectivity index (χ0v) is 16.3. The Morgan fingerprint density at radius 3 is 2.71 bits per heavy atom. The molecule has 2 bridgehead atoms. The maximum Gasteiger partial charge on any atom is 0.158 e. The Morgan fingerprint density at radius 2 is 1.93 bits per heavy atom. The summed E-state index contributed by atoms with van der Waals surface area (Å²) in [5.74, 6) is 1.44. The summed E-state index contributed by atoms with van der Waals surface area (Å²) in [7, 11) is 1.63. The molecule has 1 aromatic carbocycles. The van der Waals surface area contributed by atoms with Gasteiger partial charge in [0.05, 0.1) is 19.3 Å². The van der Waals surface area contributed by atoms with Crippen molar-refractivity contribution >= 4 is 28.2 Å². The number of ether oxygens (including phenoxy) is 2. The third kappa shape index (κ3) is 3.16. The second-order valence-corrected chi connectivity index (χ2v) is 7.87. The number of aromatic nitrogens is 3. The molecule has 0 spiro atoms. The van der Waals surface area contributed by atoms with Gasteiger partial charge >= 0.3 is 0 Å². The number of hydrogen-bond donors (Lipinski definition) is 1. The van der Waals surface area contributed by atoms with Gasteiger partial charge in [-0.3, -0.25) is 4.98 Å². The van der Waals surface area contributed by atoms with Crippen molar-refractivity contribution in [3.8, 4) is 17.0 Å². The van der Waals surface area contributed by atoms with E-state index in [0.717, 1.165) is 53.5 Å². The van der Waals surface area contributed by atoms with Crippen molar-refractivity contribution in [3.63, 3.8) is 0 Å². The van der Waals surface area contributed by atoms with E-state index in [0.29, 0.717) is 29.0 Å². The number of nitrogens with zero attached hydrogens (tertiary/aromatic N) is 3. The lowest BCUT2D eigenvalue weighted by molar-refractivity contribution is 0.000663. The first kappa shape index (κ1) is 17.6. The molecule has 2 unspecified atom stereocenters. The predicted molar refractivity (Wildman–Crippen MR) is 109 cm³/mol. The first-order valence-corrected chi connectivity index (χ1v) is 9.95. The summed E-state index contributed by atoms with van der Waals surface area (Å²) in [5, 5.41) is 15.2. The first-order chi connectivity index (χ1) is 13.7. The maximum atomic E-state index is 6.12. The number of anilines is 1. The van der Waals surface area contributed by atoms with Gasteiger partial charge in [0, 0.05) is 39.8 Å². The average molecular weight is 397 g/mol. The molecule has 0 aliphatic carbocycles. The van der Waals surface area contributed by atoms with Crippen LogP contribution in [-0.4, -0.2) is 40.5 Å². The highest BCUT2D eigenvalue weighted by molar-refractivity contribution is 6.30. The molecule has 4 heterocycles. The van der Waals surface area contributed by atoms with Crippen molar-refractivity contribution in [2.24, 2.45) is 0 Å². The van der Waals surface area contributed by atoms with Gasteiger partial charge < -0.3 is 14.8 Å². The fraction of sp³-hybridized carbons (Fsp3) is 0.381. The minimum absolute atomic E-state index is 0.347. The second kappa shape index (κ2) is 7.18. The molecule has 6 nitrogen and oxygen atoms in total. The fourth-order valence-corrected chi connectivity index (χ4v) is 4.49. The molecular weight excluding hydrogens is 376 g/mol. The van der Waals surface area contributed by atoms with Crippen LogP contribution >= 0.6 is 11.6 Å². The maximum absolute atomic E-state index is 6.12. The molecule has 2 aromatic heterocycles. The molecule has 28 heavy (non-hydrogen) atoms. The molecule has 2 atom stereocenters. The highest BCUT2D eigenvalue weighted by Gasteiger charge is 2.35. The van der Waals surface area contributed by atoms with Gasteiger partial charge in [-0.15, -0.1) is 10.2 Å². The van der Waals surface area contributed by atoms with E-state index in [1.807, 2.05) is 24.4 Å². The molecule has 1 N–H and O–H groups in total. The van der Waals surface area contributed by atoms with E-state index in [-0.39, 0.29) is 0 Å². The van der Waals surface area contributed by atoms with E-state index >= 15 is 0 Å². The molecule has 0 radical (unpaired) electrons. The monoisotopic (exact) mass is 396 g/mol. The third-order valence-electron chi connectivity index (χ3n) is 5.63. The largest absolute Gasteiger partial charge is 0.496 e. The normalized spacial score (nSPS) is 23.7. The van der Waals surface area contributed by atoms with Gasteiger partial charge in [-0.2, -0.15) is 0 Å². The van der Waals surface area contributed by atoms with Gasteiger partial charge in [-0.05, 0) is 49.9 Å². The first-order valence-electron chi connectivity index (χ1n) is 9.57. The smallest absolute Gasteiger partial charge is 0.158 e. The molecule has 2 aliphatic rings. The van der Waals surface area contributed by atoms with Crippen LogP contribution in [0.2, 0.25) is 5.02 Å². The Labute approximate surface area is 168 Å². The minimum Gasteiger partial charge on any atom is -0.496 e. The van der Waals surface area contributed by atoms with Crippen LogP contribution in [0.15, 0.2) is 36.7 Å². The summed E-state index contributed by atoms with van der Waals surface area (Å²) in [6, 6.07) is 7.84. The van der Waals surface area contributed by atoms with Gasteiger partial charge in [0.2, 0.25) is 0 Å². The van der Waals surface area contributed by atoms with E-state index in [1.54, 1.807) is 19.4 Å². The number of halogens is 1. The van der Waals surface area contributed by atoms with Crippen LogP contribution in [0.1, 0.15) is 25.7 Å². The molecule has 0 saturated carbocycles. The Kier molecular flexibility index (Phi) is 4.53. The van der Waals surface area contributed by atoms with Crippen molar-refractivity contribution in [1.29, 1.82) is 0 Å². The summed E-state index contributed by atoms with van der Waals surface area (Å²) in [4.78, 5) is 4.32. The molecule has 144 valence electrons. The predicted octanol–water partition coefficient (Wildman–Crippen LogP) is 4.48. The molecule has 0 amide bonds. The lowest BCUT2D eigenvalue weighted by Crippen LogP contribution is -2.34. The number of rotatable bonds is 4. The number of benzene rings is 1. The summed E-state index contributed by atoms with van der Waals surface area (Å²) in [6.07, 6.45) is 8.68. The molecule has 3 aromatic rings. The van der Waals surface area contributed by atoms with Crippen molar-refractivity contribution in [2.45, 2.75) is 43.9 Å². The van der Waals surface area contributed by atoms with E-state index in [9.17, 15) is 0 Å². The minimum atomic E-state index is 0.347. The molecule has 7 heteroatoms. The lowest BCUT2D eigenvalue weighted by atomic mass is 10.0. The van der Waals surface area contributed by atoms with Crippen LogP contribution in [0, 0.1) is 0 Å². The van der Waals surface area contributed by atoms with Gasteiger partial charge in [0.15, 0.2) is 5.82 Å². The van der Waals surface area contributed by atoms with Crippen molar-refractivity contribution in [1.82, 2.24) is 15.2 Å². The summed E-state index contributed by atoms with van der Waals surface area (Å²) < 4.78 is 11.5. The van der Waals surface area contributed by atoms with Crippen molar-refractivity contribution < 1.29 is 9.47 Å². The molecule has 2 fully saturated rings. The average Bonchev–Trinajstić information content (AvgIpc) is 3.06. The topological polar surface area (TPSA) is 69.2 Å². The van der Waals surface area contributed by atoms with E-state index in [2.05, 4.69) is 20.5 Å². The third-order valence-corrected chi connectivity index (χ3v) is 5.87. The van der Waals surface area contributed by atoms with Crippen LogP contribution in [0.4, 0.5) is 5.82 Å². The van der Waals surface area contributed by atoms with Crippen LogP contribution in [-0.2, 0) is 4.74 Å². The molecule has 2 aliphatic heterocycles. The fourth-order valence-electron chi connectivity index (χ4n) is 4.33. The quantitative estimate of drug-likeness (QED) is 0.701. The zero-order chi connectivity index (χ0) is 19.1. The number of nitrogens with one attached hydrogen (secondary N) is 1. The summed E-state index contributed by atoms with van der Waals surface area (Å²) >= 11 is 6.12. The van der Waals surface area contributed by atoms with E-state index in [4.69, 9.17) is 21.1 Å². The Hall–Kier alpha value is -2.44. The SMILES string of the molecule is COc1cc(Cl)ccc1-c1nnc(NC2CC3CCC(C2)O3)c2cnccc12. The van der Waals surface area contributed by atoms with Gasteiger partial charge in [-0.25, -0.2) is 0 Å². The van der Waals surface area contributed by atoms with Gasteiger partial charge in [-0.1, -0.05) is 11.6 Å². The Balaban J connectivity index is 1.54. The van der Waals surface area contributed by atoms with Gasteiger partial charge in [0.25, 0.3) is 0 Å². The number of pyridine rings is 1. The Morgan fingerprint density at radius 1 is 1.11 bits per heavy atom. The van der Waals surface area contributed by atoms with Gasteiger partial charge in [0.1, 0.15) is 11.4 Å². The highest BCUT2D eigenvalue weighted by atomic mass is 35.5. The van der Waals surface area contributed by atoms with Crippen LogP contribution < -0.4 is 10.1 Å². The standard InChI is InChI=1S/C21H21ClN4O2/c1-27-19-8-12(22)2-5-17(19)20-16-6-7-23-11-18(16)21(26-25-20)24-13-9-14-3-4-15(10-13)28-14/h2,5-8,11,13-15H,3-4,9-10H2,1H3,(H,24,26). The summed E-state index contributed by atoms with van der Waals surface area (Å²) in [5.41, 5.74) is 1.61. The number of fused-ring (bicyclic) bond motifs is 3. The Bertz CT molecular complexity index is 1020. The van der Waals surface area contributed by atoms with Crippen LogP contribution in [0.25, 0.3) is 22.0 Å². The zero-order valence-electron chi connectivity index (χ0n) is 15.6. The number of methoxy groups -OCH3 is 1. The van der Waals surface area contributed by atoms with Crippen molar-refractivity contribution in [3.05, 3.63) is 41.7 Å². The lowest BCUT2D eigenvalue weighted by Gasteiger charge is -2.29. The number of hydrogen-bond acceptors (Lipinski definition) is 6. The molecular formula is C21H21ClN4O2. The van der Waals surface area contributed by atoms with E-state index in [1.165, 1.54) is 0 Å². The summed E-state index contributed by atoms with van der Waals surface area (Å²) in [6.45, 7) is 0. The van der Waals surface area contributed by atoms with Crippen molar-refractivity contribution in [2.75, 3.05) is 12.4 Å². The molecule has 2 saturated heterocycles. The van der Waals surface area contributed by atoms with Crippen LogP contribution in [0.5, 0.6) is 5.75 Å². The van der Waals surface area contributed by atoms with Crippen LogP contribution in [0.3, 0.4) is 0 Å². The highest BCUT2D eigenvalue weighted by Crippen LogP contribution is 2.38. The second-order valence-electron chi connectivity index (χ2n) is 7.43. The molecule has 5 rings (SSSR count). The van der Waals surface area contributed by atoms with E-state index < -0.39 is 0 Å².